The van der Waals surface area contributed by atoms with Crippen LogP contribution in [0.15, 0.2) is 40.0 Å². The maximum absolute atomic E-state index is 12.0. The summed E-state index contributed by atoms with van der Waals surface area (Å²) in [6.07, 6.45) is 3.59. The fourth-order valence-corrected chi connectivity index (χ4v) is 2.16. The number of carbonyl (C=O) groups excluding carboxylic acids is 1. The molecule has 0 radical (unpaired) electrons. The average Bonchev–Trinajstić information content (AvgIpc) is 2.75. The largest absolute Gasteiger partial charge is 0.348 e. The van der Waals surface area contributed by atoms with Crippen LogP contribution < -0.4 is 5.32 Å². The minimum Gasteiger partial charge on any atom is -0.348 e. The maximum atomic E-state index is 12.0. The lowest BCUT2D eigenvalue weighted by atomic mass is 10.2. The van der Waals surface area contributed by atoms with Crippen LogP contribution in [0.4, 0.5) is 0 Å². The number of benzene rings is 1. The summed E-state index contributed by atoms with van der Waals surface area (Å²) < 4.78 is 2.45. The number of carbonyl (C=O) groups is 1. The molecule has 2 aromatic rings. The molecule has 18 heavy (non-hydrogen) atoms. The second kappa shape index (κ2) is 5.58. The third-order valence-electron chi connectivity index (χ3n) is 2.41. The van der Waals surface area contributed by atoms with Crippen molar-refractivity contribution in [1.82, 2.24) is 15.1 Å². The highest BCUT2D eigenvalue weighted by Crippen LogP contribution is 2.20. The maximum Gasteiger partial charge on any atom is 0.252 e. The van der Waals surface area contributed by atoms with E-state index in [0.717, 1.165) is 14.9 Å². The summed E-state index contributed by atoms with van der Waals surface area (Å²) >= 11 is 7.57. The first-order valence-electron chi connectivity index (χ1n) is 5.30. The molecule has 94 valence electrons. The second-order valence-corrected chi connectivity index (χ2v) is 5.24. The van der Waals surface area contributed by atoms with Gasteiger partial charge in [0.1, 0.15) is 0 Å². The summed E-state index contributed by atoms with van der Waals surface area (Å²) in [7, 11) is 1.84. The summed E-state index contributed by atoms with van der Waals surface area (Å²) in [6.45, 7) is 0.454. The molecule has 4 nitrogen and oxygen atoms in total. The lowest BCUT2D eigenvalue weighted by Crippen LogP contribution is -2.23. The molecule has 0 spiro atoms. The molecule has 1 aromatic carbocycles. The Morgan fingerprint density at radius 3 is 3.00 bits per heavy atom. The first-order chi connectivity index (χ1) is 8.56. The van der Waals surface area contributed by atoms with Gasteiger partial charge < -0.3 is 5.32 Å². The number of thiol groups is 1. The quantitative estimate of drug-likeness (QED) is 0.851. The molecule has 1 aromatic heterocycles. The first-order valence-corrected chi connectivity index (χ1v) is 6.54. The Labute approximate surface area is 119 Å². The number of aromatic nitrogens is 2. The van der Waals surface area contributed by atoms with E-state index < -0.39 is 0 Å². The van der Waals surface area contributed by atoms with Crippen LogP contribution in [-0.2, 0) is 13.6 Å². The number of halogens is 1. The van der Waals surface area contributed by atoms with Gasteiger partial charge in [-0.05, 0) is 34.1 Å². The van der Waals surface area contributed by atoms with Crippen LogP contribution in [0.1, 0.15) is 15.9 Å². The van der Waals surface area contributed by atoms with Crippen LogP contribution in [-0.4, -0.2) is 15.7 Å². The molecule has 0 bridgehead atoms. The number of amides is 1. The van der Waals surface area contributed by atoms with E-state index in [1.807, 2.05) is 19.3 Å². The second-order valence-electron chi connectivity index (χ2n) is 3.87. The third kappa shape index (κ3) is 3.14. The Morgan fingerprint density at radius 1 is 1.56 bits per heavy atom. The van der Waals surface area contributed by atoms with E-state index in [0.29, 0.717) is 12.1 Å². The van der Waals surface area contributed by atoms with Crippen LogP contribution in [0.5, 0.6) is 0 Å². The highest BCUT2D eigenvalue weighted by Gasteiger charge is 2.10. The van der Waals surface area contributed by atoms with Gasteiger partial charge in [0.25, 0.3) is 5.91 Å². The van der Waals surface area contributed by atoms with Crippen LogP contribution in [0.2, 0.25) is 0 Å². The van der Waals surface area contributed by atoms with Gasteiger partial charge >= 0.3 is 0 Å². The molecule has 1 heterocycles. The van der Waals surface area contributed by atoms with E-state index in [9.17, 15) is 4.79 Å². The van der Waals surface area contributed by atoms with E-state index in [-0.39, 0.29) is 5.91 Å². The van der Waals surface area contributed by atoms with E-state index in [4.69, 9.17) is 0 Å². The molecule has 0 aliphatic carbocycles. The number of aryl methyl sites for hydroxylation is 1. The van der Waals surface area contributed by atoms with Crippen molar-refractivity contribution in [3.63, 3.8) is 0 Å². The molecule has 6 heteroatoms. The van der Waals surface area contributed by atoms with Crippen LogP contribution in [0.3, 0.4) is 0 Å². The first kappa shape index (κ1) is 13.2. The zero-order valence-electron chi connectivity index (χ0n) is 9.72. The third-order valence-corrected chi connectivity index (χ3v) is 3.38. The van der Waals surface area contributed by atoms with Crippen LogP contribution in [0, 0.1) is 0 Å². The topological polar surface area (TPSA) is 46.9 Å². The Morgan fingerprint density at radius 2 is 2.33 bits per heavy atom. The van der Waals surface area contributed by atoms with Gasteiger partial charge in [-0.3, -0.25) is 9.48 Å². The molecule has 0 saturated carbocycles. The van der Waals surface area contributed by atoms with Crippen molar-refractivity contribution >= 4 is 34.5 Å². The van der Waals surface area contributed by atoms with Crippen molar-refractivity contribution in [2.24, 2.45) is 7.05 Å². The number of nitrogens with one attached hydrogen (secondary N) is 1. The van der Waals surface area contributed by atoms with Gasteiger partial charge in [0.2, 0.25) is 0 Å². The summed E-state index contributed by atoms with van der Waals surface area (Å²) in [5.41, 5.74) is 1.54. The molecule has 0 unspecified atom stereocenters. The van der Waals surface area contributed by atoms with Crippen molar-refractivity contribution in [3.05, 3.63) is 46.2 Å². The zero-order chi connectivity index (χ0) is 13.1. The minimum atomic E-state index is -0.137. The molecule has 1 amide bonds. The van der Waals surface area contributed by atoms with Crippen LogP contribution >= 0.6 is 28.6 Å². The van der Waals surface area contributed by atoms with Gasteiger partial charge in [-0.1, -0.05) is 0 Å². The lowest BCUT2D eigenvalue weighted by Gasteiger charge is -2.06. The Bertz CT molecular complexity index is 582. The summed E-state index contributed by atoms with van der Waals surface area (Å²) in [5.74, 6) is -0.137. The molecule has 1 N–H and O–H groups in total. The van der Waals surface area contributed by atoms with E-state index in [1.54, 1.807) is 23.0 Å². The van der Waals surface area contributed by atoms with Gasteiger partial charge in [-0.25, -0.2) is 0 Å². The van der Waals surface area contributed by atoms with Crippen molar-refractivity contribution < 1.29 is 4.79 Å². The number of hydrogen-bond donors (Lipinski definition) is 2. The van der Waals surface area contributed by atoms with Crippen molar-refractivity contribution in [2.45, 2.75) is 11.4 Å². The van der Waals surface area contributed by atoms with Gasteiger partial charge in [-0.2, -0.15) is 5.10 Å². The number of hydrogen-bond acceptors (Lipinski definition) is 3. The highest BCUT2D eigenvalue weighted by atomic mass is 79.9. The smallest absolute Gasteiger partial charge is 0.252 e. The molecule has 0 aliphatic rings. The van der Waals surface area contributed by atoms with Gasteiger partial charge in [0, 0.05) is 34.7 Å². The Balaban J connectivity index is 2.05. The molecule has 0 atom stereocenters. The fourth-order valence-electron chi connectivity index (χ4n) is 1.53. The standard InChI is InChI=1S/C12H12BrN3OS/c1-16-7-8(6-15-16)5-14-12(17)10-4-9(18)2-3-11(10)13/h2-4,6-7,18H,5H2,1H3,(H,14,17). The molecule has 0 aliphatic heterocycles. The van der Waals surface area contributed by atoms with E-state index in [2.05, 4.69) is 39.0 Å². The molecule has 2 rings (SSSR count). The SMILES string of the molecule is Cn1cc(CNC(=O)c2cc(S)ccc2Br)cn1. The normalized spacial score (nSPS) is 10.4. The monoisotopic (exact) mass is 325 g/mol. The summed E-state index contributed by atoms with van der Waals surface area (Å²) in [4.78, 5) is 12.7. The highest BCUT2D eigenvalue weighted by molar-refractivity contribution is 9.10. The summed E-state index contributed by atoms with van der Waals surface area (Å²) in [5, 5.41) is 6.88. The Kier molecular flexibility index (Phi) is 4.08. The fraction of sp³-hybridized carbons (Fsp3) is 0.167. The average molecular weight is 326 g/mol. The van der Waals surface area contributed by atoms with Crippen LogP contribution in [0.25, 0.3) is 0 Å². The molecular weight excluding hydrogens is 314 g/mol. The van der Waals surface area contributed by atoms with Crippen molar-refractivity contribution in [1.29, 1.82) is 0 Å². The number of rotatable bonds is 3. The van der Waals surface area contributed by atoms with Crippen molar-refractivity contribution in [2.75, 3.05) is 0 Å². The van der Waals surface area contributed by atoms with E-state index >= 15 is 0 Å². The predicted molar refractivity (Wildman–Crippen MR) is 75.8 cm³/mol. The zero-order valence-corrected chi connectivity index (χ0v) is 12.2. The predicted octanol–water partition coefficient (Wildman–Crippen LogP) is 2.40. The van der Waals surface area contributed by atoms with Gasteiger partial charge in [-0.15, -0.1) is 12.6 Å². The minimum absolute atomic E-state index is 0.137. The van der Waals surface area contributed by atoms with E-state index in [1.165, 1.54) is 0 Å². The van der Waals surface area contributed by atoms with Gasteiger partial charge in [0.05, 0.1) is 11.8 Å². The van der Waals surface area contributed by atoms with Crippen molar-refractivity contribution in [3.8, 4) is 0 Å². The Hall–Kier alpha value is -1.27. The molecule has 0 fully saturated rings. The van der Waals surface area contributed by atoms with Gasteiger partial charge in [0.15, 0.2) is 0 Å². The molecule has 0 saturated heterocycles. The molecular formula is C12H12BrN3OS. The summed E-state index contributed by atoms with van der Waals surface area (Å²) in [6, 6.07) is 5.36. The number of nitrogens with zero attached hydrogens (tertiary/aromatic N) is 2. The lowest BCUT2D eigenvalue weighted by molar-refractivity contribution is 0.0950.